The topological polar surface area (TPSA) is 57.6 Å². The molecule has 4 nitrogen and oxygen atoms in total. The SMILES string of the molecule is O=S(=O)(CCCCCl)N(CCO)CC(F)F. The maximum Gasteiger partial charge on any atom is 0.252 e. The number of nitrogens with zero attached hydrogens (tertiary/aromatic N) is 1. The number of alkyl halides is 3. The van der Waals surface area contributed by atoms with E-state index in [-0.39, 0.29) is 12.3 Å². The molecular formula is C8H16ClF2NO3S. The van der Waals surface area contributed by atoms with Gasteiger partial charge in [0, 0.05) is 12.4 Å². The molecule has 0 radical (unpaired) electrons. The van der Waals surface area contributed by atoms with Crippen LogP contribution in [0.25, 0.3) is 0 Å². The van der Waals surface area contributed by atoms with Crippen molar-refractivity contribution in [2.75, 3.05) is 31.3 Å². The van der Waals surface area contributed by atoms with Crippen LogP contribution in [-0.4, -0.2) is 55.6 Å². The standard InChI is InChI=1S/C8H16ClF2NO3S/c9-3-1-2-6-16(14,15)12(4-5-13)7-8(10)11/h8,13H,1-7H2. The Hall–Kier alpha value is 0.0200. The summed E-state index contributed by atoms with van der Waals surface area (Å²) in [6.07, 6.45) is -1.89. The van der Waals surface area contributed by atoms with Gasteiger partial charge in [-0.15, -0.1) is 11.6 Å². The van der Waals surface area contributed by atoms with Gasteiger partial charge in [0.1, 0.15) is 0 Å². The molecule has 0 aliphatic heterocycles. The number of halogens is 3. The summed E-state index contributed by atoms with van der Waals surface area (Å²) in [5.41, 5.74) is 0. The normalized spacial score (nSPS) is 12.6. The fourth-order valence-electron chi connectivity index (χ4n) is 1.12. The maximum absolute atomic E-state index is 12.1. The second kappa shape index (κ2) is 8.16. The number of rotatable bonds is 9. The summed E-state index contributed by atoms with van der Waals surface area (Å²) < 4.78 is 48.0. The van der Waals surface area contributed by atoms with Gasteiger partial charge in [-0.2, -0.15) is 4.31 Å². The minimum atomic E-state index is -3.72. The van der Waals surface area contributed by atoms with Crippen molar-refractivity contribution in [2.24, 2.45) is 0 Å². The third kappa shape index (κ3) is 6.57. The van der Waals surface area contributed by atoms with E-state index in [0.717, 1.165) is 0 Å². The summed E-state index contributed by atoms with van der Waals surface area (Å²) >= 11 is 5.39. The van der Waals surface area contributed by atoms with Gasteiger partial charge in [0.15, 0.2) is 0 Å². The van der Waals surface area contributed by atoms with Gasteiger partial charge in [-0.3, -0.25) is 0 Å². The van der Waals surface area contributed by atoms with Crippen LogP contribution in [-0.2, 0) is 10.0 Å². The van der Waals surface area contributed by atoms with E-state index >= 15 is 0 Å². The number of unbranched alkanes of at least 4 members (excludes halogenated alkanes) is 1. The van der Waals surface area contributed by atoms with Crippen molar-refractivity contribution in [3.8, 4) is 0 Å². The van der Waals surface area contributed by atoms with Crippen LogP contribution in [0, 0.1) is 0 Å². The van der Waals surface area contributed by atoms with Gasteiger partial charge in [-0.1, -0.05) is 0 Å². The van der Waals surface area contributed by atoms with Gasteiger partial charge in [-0.25, -0.2) is 17.2 Å². The van der Waals surface area contributed by atoms with Gasteiger partial charge in [0.2, 0.25) is 10.0 Å². The van der Waals surface area contributed by atoms with Crippen LogP contribution in [0.4, 0.5) is 8.78 Å². The quantitative estimate of drug-likeness (QED) is 0.504. The molecule has 0 saturated heterocycles. The van der Waals surface area contributed by atoms with Gasteiger partial charge in [-0.05, 0) is 12.8 Å². The lowest BCUT2D eigenvalue weighted by molar-refractivity contribution is 0.113. The van der Waals surface area contributed by atoms with E-state index in [4.69, 9.17) is 16.7 Å². The molecule has 0 atom stereocenters. The number of hydrogen-bond donors (Lipinski definition) is 1. The first-order valence-electron chi connectivity index (χ1n) is 4.87. The van der Waals surface area contributed by atoms with E-state index in [0.29, 0.717) is 23.0 Å². The molecule has 16 heavy (non-hydrogen) atoms. The van der Waals surface area contributed by atoms with Crippen LogP contribution in [0.1, 0.15) is 12.8 Å². The average molecular weight is 280 g/mol. The Bertz CT molecular complexity index is 274. The first-order chi connectivity index (χ1) is 7.44. The van der Waals surface area contributed by atoms with Crippen molar-refractivity contribution in [1.82, 2.24) is 4.31 Å². The molecule has 0 heterocycles. The van der Waals surface area contributed by atoms with Crippen molar-refractivity contribution in [3.05, 3.63) is 0 Å². The first kappa shape index (κ1) is 16.0. The Kier molecular flexibility index (Phi) is 8.17. The Morgan fingerprint density at radius 3 is 2.38 bits per heavy atom. The number of sulfonamides is 1. The third-order valence-corrected chi connectivity index (χ3v) is 4.06. The summed E-state index contributed by atoms with van der Waals surface area (Å²) in [6.45, 7) is -1.64. The fraction of sp³-hybridized carbons (Fsp3) is 1.00. The molecule has 0 aliphatic carbocycles. The van der Waals surface area contributed by atoms with Crippen molar-refractivity contribution < 1.29 is 22.3 Å². The summed E-state index contributed by atoms with van der Waals surface area (Å²) in [5, 5.41) is 8.61. The average Bonchev–Trinajstić information content (AvgIpc) is 2.16. The molecule has 0 aliphatic rings. The summed E-state index contributed by atoms with van der Waals surface area (Å²) in [5.74, 6) is 0.122. The third-order valence-electron chi connectivity index (χ3n) is 1.87. The molecule has 0 rings (SSSR count). The van der Waals surface area contributed by atoms with Gasteiger partial charge in [0.25, 0.3) is 6.43 Å². The first-order valence-corrected chi connectivity index (χ1v) is 7.01. The molecule has 0 spiro atoms. The fourth-order valence-corrected chi connectivity index (χ4v) is 2.83. The van der Waals surface area contributed by atoms with E-state index in [1.165, 1.54) is 0 Å². The van der Waals surface area contributed by atoms with Crippen LogP contribution < -0.4 is 0 Å². The van der Waals surface area contributed by atoms with E-state index in [1.54, 1.807) is 0 Å². The van der Waals surface area contributed by atoms with Crippen LogP contribution >= 0.6 is 11.6 Å². The molecule has 0 unspecified atom stereocenters. The Labute approximate surface area is 99.2 Å². The molecule has 0 amide bonds. The molecule has 8 heteroatoms. The van der Waals surface area contributed by atoms with Crippen molar-refractivity contribution in [3.63, 3.8) is 0 Å². The van der Waals surface area contributed by atoms with Crippen molar-refractivity contribution in [2.45, 2.75) is 19.3 Å². The zero-order valence-electron chi connectivity index (χ0n) is 8.78. The minimum absolute atomic E-state index is 0.216. The van der Waals surface area contributed by atoms with E-state index in [2.05, 4.69) is 0 Å². The second-order valence-corrected chi connectivity index (χ2v) is 5.65. The second-order valence-electron chi connectivity index (χ2n) is 3.18. The highest BCUT2D eigenvalue weighted by Gasteiger charge is 2.24. The molecule has 98 valence electrons. The van der Waals surface area contributed by atoms with E-state index in [9.17, 15) is 17.2 Å². The highest BCUT2D eigenvalue weighted by Crippen LogP contribution is 2.08. The number of hydrogen-bond acceptors (Lipinski definition) is 3. The molecule has 1 N–H and O–H groups in total. The highest BCUT2D eigenvalue weighted by atomic mass is 35.5. The molecular weight excluding hydrogens is 264 g/mol. The molecule has 0 aromatic carbocycles. The lowest BCUT2D eigenvalue weighted by Gasteiger charge is -2.20. The molecule has 0 bridgehead atoms. The van der Waals surface area contributed by atoms with Crippen LogP contribution in [0.5, 0.6) is 0 Å². The molecule has 0 aromatic heterocycles. The number of aliphatic hydroxyl groups excluding tert-OH is 1. The zero-order chi connectivity index (χ0) is 12.6. The maximum atomic E-state index is 12.1. The number of aliphatic hydroxyl groups is 1. The van der Waals surface area contributed by atoms with Crippen LogP contribution in [0.15, 0.2) is 0 Å². The summed E-state index contributed by atoms with van der Waals surface area (Å²) in [7, 11) is -3.72. The monoisotopic (exact) mass is 279 g/mol. The molecule has 0 saturated carbocycles. The smallest absolute Gasteiger partial charge is 0.252 e. The summed E-state index contributed by atoms with van der Waals surface area (Å²) in [4.78, 5) is 0. The van der Waals surface area contributed by atoms with E-state index < -0.39 is 29.6 Å². The van der Waals surface area contributed by atoms with Crippen LogP contribution in [0.3, 0.4) is 0 Å². The molecule has 0 fully saturated rings. The van der Waals surface area contributed by atoms with E-state index in [1.807, 2.05) is 0 Å². The highest BCUT2D eigenvalue weighted by molar-refractivity contribution is 7.89. The van der Waals surface area contributed by atoms with Crippen LogP contribution in [0.2, 0.25) is 0 Å². The van der Waals surface area contributed by atoms with Crippen molar-refractivity contribution >= 4 is 21.6 Å². The van der Waals surface area contributed by atoms with Gasteiger partial charge >= 0.3 is 0 Å². The largest absolute Gasteiger partial charge is 0.395 e. The van der Waals surface area contributed by atoms with Gasteiger partial charge in [0.05, 0.1) is 18.9 Å². The zero-order valence-corrected chi connectivity index (χ0v) is 10.4. The van der Waals surface area contributed by atoms with Crippen molar-refractivity contribution in [1.29, 1.82) is 0 Å². The Morgan fingerprint density at radius 1 is 1.31 bits per heavy atom. The lowest BCUT2D eigenvalue weighted by atomic mass is 10.4. The Morgan fingerprint density at radius 2 is 1.94 bits per heavy atom. The lowest BCUT2D eigenvalue weighted by Crippen LogP contribution is -2.38. The predicted octanol–water partition coefficient (Wildman–Crippen LogP) is 0.895. The molecule has 0 aromatic rings. The minimum Gasteiger partial charge on any atom is -0.395 e. The Balaban J connectivity index is 4.37. The predicted molar refractivity (Wildman–Crippen MR) is 58.4 cm³/mol. The summed E-state index contributed by atoms with van der Waals surface area (Å²) in [6, 6.07) is 0. The van der Waals surface area contributed by atoms with Gasteiger partial charge < -0.3 is 5.11 Å².